The average Bonchev–Trinajstić information content (AvgIpc) is 0.789. The molecule has 486 valence electrons. The number of hydrogen-bond donors (Lipinski definition) is 3. The van der Waals surface area contributed by atoms with Gasteiger partial charge in [0.15, 0.2) is 46.1 Å². The van der Waals surface area contributed by atoms with E-state index >= 15 is 8.78 Å². The van der Waals surface area contributed by atoms with E-state index in [1.54, 1.807) is 12.1 Å². The number of nitrogens with zero attached hydrogens (tertiary/aromatic N) is 8. The first kappa shape index (κ1) is 65.3. The van der Waals surface area contributed by atoms with Crippen molar-refractivity contribution < 1.29 is 69.8 Å². The summed E-state index contributed by atoms with van der Waals surface area (Å²) < 4.78 is 112. The summed E-state index contributed by atoms with van der Waals surface area (Å²) >= 11 is 0. The highest BCUT2D eigenvalue weighted by atomic mass is 19.1. The van der Waals surface area contributed by atoms with Gasteiger partial charge in [-0.05, 0) is 99.6 Å². The number of benzene rings is 6. The number of halogens is 4. The molecule has 30 heteroatoms. The summed E-state index contributed by atoms with van der Waals surface area (Å²) in [5.41, 5.74) is 2.37. The lowest BCUT2D eigenvalue weighted by molar-refractivity contribution is 0.101. The first-order valence-corrected chi connectivity index (χ1v) is 28.8. The van der Waals surface area contributed by atoms with Gasteiger partial charge in [0.1, 0.15) is 72.6 Å². The lowest BCUT2D eigenvalue weighted by Gasteiger charge is -2.23. The van der Waals surface area contributed by atoms with Gasteiger partial charge in [0, 0.05) is 75.3 Å². The number of ether oxygens (including phenoxy) is 9. The summed E-state index contributed by atoms with van der Waals surface area (Å²) in [5, 5.41) is 5.59. The standard InChI is InChI=1S/C31H26F2N6O7.C29H21F2N5O7.C4H10O/c1-38-15-20(30(41)39(31(38)42)19-6-3-17(32)4-7-19)28(40)37-18-5-8-23(21(33)13-18)46-29-25-22(35-16-36-29)14-24(43-10-2-9-34)26-27(25)45-12-11-44-26;1-35-13-18(28(38)36(29(35)39)17-6-3-15(30)4-7-17)26(37)34-16-5-8-21(19(31)11-16)43-27-23-20(32-14-33-27)12-22(40-2)24-25(23)42-10-9-41-24;1-3-5-4-2/h3-8,13-16H,2,9-12,34H2,1H3,(H,37,40);3-8,11-14H,9-10H2,1-2H3,(H,34,37);3-4H2,1-2H3. The number of aromatic nitrogens is 8. The van der Waals surface area contributed by atoms with E-state index in [0.717, 1.165) is 80.3 Å². The van der Waals surface area contributed by atoms with Gasteiger partial charge in [-0.2, -0.15) is 0 Å². The third kappa shape index (κ3) is 14.1. The number of carbonyl (C=O) groups excluding carboxylic acids is 2. The van der Waals surface area contributed by atoms with E-state index in [0.29, 0.717) is 76.7 Å². The van der Waals surface area contributed by atoms with Crippen LogP contribution in [-0.4, -0.2) is 110 Å². The normalized spacial score (nSPS) is 12.0. The van der Waals surface area contributed by atoms with Crippen LogP contribution in [0.5, 0.6) is 57.8 Å². The van der Waals surface area contributed by atoms with Gasteiger partial charge in [0.25, 0.3) is 22.9 Å². The second-order valence-corrected chi connectivity index (χ2v) is 20.1. The Labute approximate surface area is 529 Å². The Morgan fingerprint density at radius 3 is 1.36 bits per heavy atom. The van der Waals surface area contributed by atoms with Crippen LogP contribution in [0.25, 0.3) is 33.2 Å². The molecule has 2 amide bonds. The van der Waals surface area contributed by atoms with Crippen molar-refractivity contribution in [2.75, 3.05) is 70.5 Å². The first-order chi connectivity index (χ1) is 45.4. The molecule has 0 fully saturated rings. The predicted molar refractivity (Wildman–Crippen MR) is 332 cm³/mol. The molecule has 4 N–H and O–H groups in total. The maximum absolute atomic E-state index is 15.3. The molecule has 0 bridgehead atoms. The molecule has 6 aromatic carbocycles. The summed E-state index contributed by atoms with van der Waals surface area (Å²) in [7, 11) is 4.19. The zero-order chi connectivity index (χ0) is 66.7. The third-order valence-corrected chi connectivity index (χ3v) is 13.9. The van der Waals surface area contributed by atoms with Gasteiger partial charge >= 0.3 is 11.4 Å². The number of nitrogens with two attached hydrogens (primary N) is 1. The molecule has 4 aromatic heterocycles. The van der Waals surface area contributed by atoms with Gasteiger partial charge in [0.05, 0.1) is 36.1 Å². The highest BCUT2D eigenvalue weighted by molar-refractivity contribution is 6.05. The van der Waals surface area contributed by atoms with E-state index < -0.39 is 68.7 Å². The van der Waals surface area contributed by atoms with Crippen LogP contribution in [0.1, 0.15) is 41.0 Å². The fourth-order valence-corrected chi connectivity index (χ4v) is 9.46. The Hall–Kier alpha value is -11.7. The summed E-state index contributed by atoms with van der Waals surface area (Å²) in [4.78, 5) is 94.6. The van der Waals surface area contributed by atoms with E-state index in [9.17, 15) is 37.5 Å². The Bertz CT molecular complexity index is 4760. The van der Waals surface area contributed by atoms with Crippen molar-refractivity contribution in [3.63, 3.8) is 0 Å². The van der Waals surface area contributed by atoms with Crippen molar-refractivity contribution in [3.05, 3.63) is 198 Å². The Balaban J connectivity index is 0.000000192. The molecule has 6 heterocycles. The number of anilines is 2. The fourth-order valence-electron chi connectivity index (χ4n) is 9.46. The Kier molecular flexibility index (Phi) is 20.2. The van der Waals surface area contributed by atoms with E-state index in [2.05, 4.69) is 30.6 Å². The van der Waals surface area contributed by atoms with E-state index in [1.165, 1.54) is 82.4 Å². The van der Waals surface area contributed by atoms with Crippen LogP contribution in [-0.2, 0) is 18.8 Å². The van der Waals surface area contributed by atoms with Gasteiger partial charge in [-0.1, -0.05) is 0 Å². The largest absolute Gasteiger partial charge is 0.493 e. The number of hydrogen-bond acceptors (Lipinski definition) is 20. The minimum absolute atomic E-state index is 0.00244. The fraction of sp³-hybridized carbons (Fsp3) is 0.219. The first-order valence-electron chi connectivity index (χ1n) is 28.8. The van der Waals surface area contributed by atoms with Gasteiger partial charge < -0.3 is 68.1 Å². The molecule has 26 nitrogen and oxygen atoms in total. The minimum atomic E-state index is -0.939. The Morgan fingerprint density at radius 2 is 0.968 bits per heavy atom. The molecule has 10 aromatic rings. The van der Waals surface area contributed by atoms with Crippen LogP contribution in [0.4, 0.5) is 28.9 Å². The molecule has 2 aliphatic heterocycles. The minimum Gasteiger partial charge on any atom is -0.493 e. The molecule has 0 aliphatic carbocycles. The van der Waals surface area contributed by atoms with Crippen molar-refractivity contribution in [1.29, 1.82) is 0 Å². The molecule has 94 heavy (non-hydrogen) atoms. The van der Waals surface area contributed by atoms with Gasteiger partial charge in [0.2, 0.25) is 23.3 Å². The zero-order valence-electron chi connectivity index (χ0n) is 50.7. The molecular weight excluding hydrogens is 1240 g/mol. The molecule has 2 aliphatic rings. The molecule has 0 saturated heterocycles. The topological polar surface area (TPSA) is 307 Å². The van der Waals surface area contributed by atoms with E-state index in [4.69, 9.17) is 48.4 Å². The lowest BCUT2D eigenvalue weighted by Crippen LogP contribution is -2.41. The molecule has 0 saturated carbocycles. The molecule has 12 rings (SSSR count). The molecule has 0 unspecified atom stereocenters. The van der Waals surface area contributed by atoms with Crippen molar-refractivity contribution in [2.24, 2.45) is 19.8 Å². The maximum Gasteiger partial charge on any atom is 0.335 e. The van der Waals surface area contributed by atoms with Crippen LogP contribution in [0.2, 0.25) is 0 Å². The highest BCUT2D eigenvalue weighted by Crippen LogP contribution is 2.49. The number of methoxy groups -OCH3 is 1. The van der Waals surface area contributed by atoms with E-state index in [1.807, 2.05) is 13.8 Å². The van der Waals surface area contributed by atoms with Gasteiger partial charge in [-0.15, -0.1) is 0 Å². The number of rotatable bonds is 17. The maximum atomic E-state index is 15.3. The second kappa shape index (κ2) is 29.1. The third-order valence-electron chi connectivity index (χ3n) is 13.9. The zero-order valence-corrected chi connectivity index (χ0v) is 50.7. The van der Waals surface area contributed by atoms with Crippen molar-refractivity contribution in [2.45, 2.75) is 20.3 Å². The summed E-state index contributed by atoms with van der Waals surface area (Å²) in [6.45, 7) is 7.57. The number of nitrogens with one attached hydrogen (secondary N) is 2. The van der Waals surface area contributed by atoms with Gasteiger partial charge in [-0.25, -0.2) is 56.2 Å². The van der Waals surface area contributed by atoms with Crippen LogP contribution < -0.4 is 76.8 Å². The molecule has 0 radical (unpaired) electrons. The van der Waals surface area contributed by atoms with Crippen LogP contribution in [0, 0.1) is 23.3 Å². The van der Waals surface area contributed by atoms with Crippen LogP contribution >= 0.6 is 0 Å². The number of fused-ring (bicyclic) bond motifs is 6. The SMILES string of the molecule is CCOCC.COc1cc2ncnc(Oc3ccc(NC(=O)c4cn(C)c(=O)n(-c5ccc(F)cc5)c4=O)cc3F)c2c2c1OCCO2.Cn1cc(C(=O)Nc2ccc(Oc3ncnc4cc(OCCCN)c5c(c34)OCCO5)c(F)c2)c(=O)n(-c2ccc(F)cc2)c1=O. The molecule has 0 atom stereocenters. The predicted octanol–water partition coefficient (Wildman–Crippen LogP) is 7.93. The Morgan fingerprint density at radius 1 is 0.553 bits per heavy atom. The van der Waals surface area contributed by atoms with Crippen LogP contribution in [0.15, 0.2) is 141 Å². The summed E-state index contributed by atoms with van der Waals surface area (Å²) in [6.07, 6.45) is 5.24. The number of amides is 2. The number of carbonyl (C=O) groups is 2. The highest BCUT2D eigenvalue weighted by Gasteiger charge is 2.29. The summed E-state index contributed by atoms with van der Waals surface area (Å²) in [5.74, 6) is -3.03. The smallest absolute Gasteiger partial charge is 0.335 e. The van der Waals surface area contributed by atoms with Crippen molar-refractivity contribution in [3.8, 4) is 69.1 Å². The average molecular weight is 1300 g/mol. The summed E-state index contributed by atoms with van der Waals surface area (Å²) in [6, 6.07) is 19.8. The van der Waals surface area contributed by atoms with Crippen molar-refractivity contribution in [1.82, 2.24) is 38.2 Å². The molecule has 0 spiro atoms. The van der Waals surface area contributed by atoms with E-state index in [-0.39, 0.29) is 71.6 Å². The van der Waals surface area contributed by atoms with Gasteiger partial charge in [-0.3, -0.25) is 19.2 Å². The quantitative estimate of drug-likeness (QED) is 0.0575. The second-order valence-electron chi connectivity index (χ2n) is 20.1. The van der Waals surface area contributed by atoms with Crippen LogP contribution in [0.3, 0.4) is 0 Å². The number of aryl methyl sites for hydroxylation is 2. The van der Waals surface area contributed by atoms with Crippen molar-refractivity contribution >= 4 is 45.0 Å². The molecular formula is C64H57F4N11O15. The lowest BCUT2D eigenvalue weighted by atomic mass is 10.1. The monoisotopic (exact) mass is 1300 g/mol.